The first-order chi connectivity index (χ1) is 17.6. The van der Waals surface area contributed by atoms with Crippen molar-refractivity contribution in [2.24, 2.45) is 5.92 Å². The number of aromatic nitrogens is 4. The van der Waals surface area contributed by atoms with Crippen molar-refractivity contribution in [1.82, 2.24) is 29.4 Å². The molecule has 2 fully saturated rings. The summed E-state index contributed by atoms with van der Waals surface area (Å²) >= 11 is 0. The van der Waals surface area contributed by atoms with Gasteiger partial charge in [-0.2, -0.15) is 14.6 Å². The molecule has 4 aromatic rings. The van der Waals surface area contributed by atoms with Gasteiger partial charge in [-0.05, 0) is 36.6 Å². The molecule has 9 heteroatoms. The van der Waals surface area contributed by atoms with E-state index in [0.717, 1.165) is 40.9 Å². The minimum atomic E-state index is -0.0293. The van der Waals surface area contributed by atoms with Crippen LogP contribution in [0.5, 0.6) is 0 Å². The maximum absolute atomic E-state index is 13.3. The van der Waals surface area contributed by atoms with Crippen molar-refractivity contribution in [2.75, 3.05) is 44.2 Å². The third kappa shape index (κ3) is 4.04. The fourth-order valence-electron chi connectivity index (χ4n) is 5.46. The molecule has 2 aromatic carbocycles. The van der Waals surface area contributed by atoms with Crippen LogP contribution in [-0.4, -0.2) is 80.5 Å². The molecule has 0 bridgehead atoms. The number of carbonyl (C=O) groups excluding carboxylic acids is 2. The van der Waals surface area contributed by atoms with Crippen LogP contribution >= 0.6 is 0 Å². The Balaban J connectivity index is 1.07. The number of nitrogens with zero attached hydrogens (tertiary/aromatic N) is 7. The average Bonchev–Trinajstić information content (AvgIpc) is 3.40. The van der Waals surface area contributed by atoms with E-state index in [1.54, 1.807) is 4.52 Å². The number of anilines is 1. The van der Waals surface area contributed by atoms with Crippen LogP contribution < -0.4 is 4.90 Å². The van der Waals surface area contributed by atoms with Crippen LogP contribution in [0.1, 0.15) is 28.9 Å². The van der Waals surface area contributed by atoms with Crippen LogP contribution in [-0.2, 0) is 4.79 Å². The second-order valence-corrected chi connectivity index (χ2v) is 9.63. The van der Waals surface area contributed by atoms with Gasteiger partial charge in [-0.3, -0.25) is 9.59 Å². The van der Waals surface area contributed by atoms with Crippen molar-refractivity contribution in [1.29, 1.82) is 0 Å². The fourth-order valence-corrected chi connectivity index (χ4v) is 5.46. The molecular formula is C27H29N7O2. The Morgan fingerprint density at radius 3 is 2.44 bits per heavy atom. The molecule has 2 aromatic heterocycles. The van der Waals surface area contributed by atoms with Gasteiger partial charge in [-0.15, -0.1) is 0 Å². The predicted molar refractivity (Wildman–Crippen MR) is 137 cm³/mol. The second kappa shape index (κ2) is 9.22. The lowest BCUT2D eigenvalue weighted by Gasteiger charge is -2.39. The topological polar surface area (TPSA) is 86.9 Å². The number of rotatable bonds is 3. The summed E-state index contributed by atoms with van der Waals surface area (Å²) in [5.74, 6) is 1.79. The van der Waals surface area contributed by atoms with Crippen LogP contribution in [0.2, 0.25) is 0 Å². The van der Waals surface area contributed by atoms with Gasteiger partial charge in [0.25, 0.3) is 11.7 Å². The normalized spacial score (nSPS) is 17.2. The van der Waals surface area contributed by atoms with Crippen molar-refractivity contribution in [3.63, 3.8) is 0 Å². The van der Waals surface area contributed by atoms with Crippen LogP contribution in [0, 0.1) is 12.8 Å². The first-order valence-corrected chi connectivity index (χ1v) is 12.6. The van der Waals surface area contributed by atoms with Gasteiger partial charge in [-0.1, -0.05) is 36.4 Å². The highest BCUT2D eigenvalue weighted by Gasteiger charge is 2.32. The van der Waals surface area contributed by atoms with Gasteiger partial charge in [0.15, 0.2) is 0 Å². The molecule has 0 aliphatic carbocycles. The Labute approximate surface area is 209 Å². The summed E-state index contributed by atoms with van der Waals surface area (Å²) in [7, 11) is 0. The first-order valence-electron chi connectivity index (χ1n) is 12.6. The number of amides is 2. The Kier molecular flexibility index (Phi) is 5.75. The number of piperidine rings is 1. The van der Waals surface area contributed by atoms with Crippen LogP contribution in [0.3, 0.4) is 0 Å². The summed E-state index contributed by atoms with van der Waals surface area (Å²) < 4.78 is 1.76. The average molecular weight is 484 g/mol. The predicted octanol–water partition coefficient (Wildman–Crippen LogP) is 2.79. The SMILES string of the molecule is Cc1cc(N2CCN(C(=O)C3CCN(C(=O)c4cccc5ccccc45)CC3)CC2)n2ncnc2n1. The van der Waals surface area contributed by atoms with Gasteiger partial charge in [0, 0.05) is 62.5 Å². The number of hydrogen-bond donors (Lipinski definition) is 0. The monoisotopic (exact) mass is 483 g/mol. The molecule has 9 nitrogen and oxygen atoms in total. The summed E-state index contributed by atoms with van der Waals surface area (Å²) in [4.78, 5) is 41.3. The van der Waals surface area contributed by atoms with E-state index in [2.05, 4.69) is 20.0 Å². The molecule has 4 heterocycles. The fraction of sp³-hybridized carbons (Fsp3) is 0.370. The molecule has 2 aliphatic heterocycles. The minimum absolute atomic E-state index is 0.0293. The highest BCUT2D eigenvalue weighted by molar-refractivity contribution is 6.07. The maximum Gasteiger partial charge on any atom is 0.254 e. The molecular weight excluding hydrogens is 454 g/mol. The largest absolute Gasteiger partial charge is 0.353 e. The van der Waals surface area contributed by atoms with Crippen molar-refractivity contribution < 1.29 is 9.59 Å². The lowest BCUT2D eigenvalue weighted by atomic mass is 9.94. The van der Waals surface area contributed by atoms with E-state index in [9.17, 15) is 9.59 Å². The molecule has 184 valence electrons. The summed E-state index contributed by atoms with van der Waals surface area (Å²) in [5.41, 5.74) is 1.63. The standard InChI is InChI=1S/C27H29N7O2/c1-19-17-24(34-27(30-19)28-18-29-34)31-13-15-33(16-14-31)25(35)21-9-11-32(12-10-21)26(36)23-8-4-6-20-5-2-3-7-22(20)23/h2-8,17-18,21H,9-16H2,1H3. The zero-order chi connectivity index (χ0) is 24.6. The first kappa shape index (κ1) is 22.5. The highest BCUT2D eigenvalue weighted by atomic mass is 16.2. The molecule has 0 radical (unpaired) electrons. The smallest absolute Gasteiger partial charge is 0.254 e. The van der Waals surface area contributed by atoms with Crippen molar-refractivity contribution in [2.45, 2.75) is 19.8 Å². The molecule has 0 atom stereocenters. The van der Waals surface area contributed by atoms with Gasteiger partial charge in [-0.25, -0.2) is 4.98 Å². The molecule has 6 rings (SSSR count). The zero-order valence-electron chi connectivity index (χ0n) is 20.4. The van der Waals surface area contributed by atoms with Crippen LogP contribution in [0.4, 0.5) is 5.82 Å². The van der Waals surface area contributed by atoms with E-state index >= 15 is 0 Å². The third-order valence-electron chi connectivity index (χ3n) is 7.43. The Morgan fingerprint density at radius 1 is 0.889 bits per heavy atom. The van der Waals surface area contributed by atoms with E-state index in [-0.39, 0.29) is 17.7 Å². The molecule has 0 saturated carbocycles. The maximum atomic E-state index is 13.3. The zero-order valence-corrected chi connectivity index (χ0v) is 20.4. The molecule has 2 aliphatic rings. The number of hydrogen-bond acceptors (Lipinski definition) is 6. The van der Waals surface area contributed by atoms with Crippen LogP contribution in [0.15, 0.2) is 54.9 Å². The van der Waals surface area contributed by atoms with Gasteiger partial charge in [0.2, 0.25) is 5.91 Å². The summed E-state index contributed by atoms with van der Waals surface area (Å²) in [6.45, 7) is 6.00. The van der Waals surface area contributed by atoms with Crippen molar-refractivity contribution in [3.05, 3.63) is 66.1 Å². The summed E-state index contributed by atoms with van der Waals surface area (Å²) in [6.07, 6.45) is 2.93. The second-order valence-electron chi connectivity index (χ2n) is 9.63. The van der Waals surface area contributed by atoms with E-state index in [0.29, 0.717) is 44.8 Å². The molecule has 2 saturated heterocycles. The minimum Gasteiger partial charge on any atom is -0.353 e. The number of carbonyl (C=O) groups is 2. The lowest BCUT2D eigenvalue weighted by molar-refractivity contribution is -0.137. The molecule has 0 unspecified atom stereocenters. The molecule has 0 spiro atoms. The van der Waals surface area contributed by atoms with E-state index in [1.807, 2.05) is 65.3 Å². The van der Waals surface area contributed by atoms with Gasteiger partial charge in [0.05, 0.1) is 0 Å². The van der Waals surface area contributed by atoms with Gasteiger partial charge >= 0.3 is 0 Å². The van der Waals surface area contributed by atoms with Crippen LogP contribution in [0.25, 0.3) is 16.6 Å². The number of likely N-dealkylation sites (tertiary alicyclic amines) is 1. The van der Waals surface area contributed by atoms with Crippen molar-refractivity contribution >= 4 is 34.2 Å². The van der Waals surface area contributed by atoms with E-state index < -0.39 is 0 Å². The Morgan fingerprint density at radius 2 is 1.64 bits per heavy atom. The van der Waals surface area contributed by atoms with E-state index in [1.165, 1.54) is 6.33 Å². The quantitative estimate of drug-likeness (QED) is 0.445. The van der Waals surface area contributed by atoms with Gasteiger partial charge in [0.1, 0.15) is 12.1 Å². The van der Waals surface area contributed by atoms with Crippen molar-refractivity contribution in [3.8, 4) is 0 Å². The third-order valence-corrected chi connectivity index (χ3v) is 7.43. The highest BCUT2D eigenvalue weighted by Crippen LogP contribution is 2.26. The van der Waals surface area contributed by atoms with Gasteiger partial charge < -0.3 is 14.7 Å². The molecule has 2 amide bonds. The Hall–Kier alpha value is -4.01. The summed E-state index contributed by atoms with van der Waals surface area (Å²) in [6, 6.07) is 15.9. The number of piperazine rings is 1. The Bertz CT molecular complexity index is 1430. The number of aryl methyl sites for hydroxylation is 1. The lowest BCUT2D eigenvalue weighted by Crippen LogP contribution is -2.52. The number of benzene rings is 2. The number of fused-ring (bicyclic) bond motifs is 2. The molecule has 36 heavy (non-hydrogen) atoms. The summed E-state index contributed by atoms with van der Waals surface area (Å²) in [5, 5.41) is 6.36. The van der Waals surface area contributed by atoms with E-state index in [4.69, 9.17) is 0 Å². The molecule has 0 N–H and O–H groups in total.